The molecule has 2 aromatic rings. The van der Waals surface area contributed by atoms with Crippen molar-refractivity contribution in [3.05, 3.63) is 65.0 Å². The van der Waals surface area contributed by atoms with Gasteiger partial charge in [-0.25, -0.2) is 4.39 Å². The van der Waals surface area contributed by atoms with Crippen molar-refractivity contribution in [1.29, 1.82) is 0 Å². The van der Waals surface area contributed by atoms with E-state index in [1.54, 1.807) is 20.0 Å². The molecule has 2 N–H and O–H groups in total. The largest absolute Gasteiger partial charge is 0.326 e. The Morgan fingerprint density at radius 1 is 1.25 bits per heavy atom. The van der Waals surface area contributed by atoms with E-state index < -0.39 is 5.82 Å². The van der Waals surface area contributed by atoms with Crippen LogP contribution in [0, 0.1) is 12.7 Å². The van der Waals surface area contributed by atoms with Gasteiger partial charge in [0.15, 0.2) is 0 Å². The lowest BCUT2D eigenvalue weighted by Crippen LogP contribution is -2.27. The van der Waals surface area contributed by atoms with E-state index >= 15 is 0 Å². The summed E-state index contributed by atoms with van der Waals surface area (Å²) < 4.78 is 13.3. The number of carbonyl (C=O) groups excluding carboxylic acids is 1. The summed E-state index contributed by atoms with van der Waals surface area (Å²) in [5.74, 6) is -0.653. The molecule has 3 nitrogen and oxygen atoms in total. The molecule has 0 aliphatic rings. The number of nitrogens with zero attached hydrogens (tertiary/aromatic N) is 1. The van der Waals surface area contributed by atoms with Gasteiger partial charge in [0, 0.05) is 24.8 Å². The Bertz CT molecular complexity index is 640. The fourth-order valence-corrected chi connectivity index (χ4v) is 2.01. The first-order valence-corrected chi connectivity index (χ1v) is 6.36. The molecule has 1 amide bonds. The van der Waals surface area contributed by atoms with E-state index in [4.69, 9.17) is 5.73 Å². The molecule has 2 rings (SSSR count). The second kappa shape index (κ2) is 5.84. The number of aryl methyl sites for hydroxylation is 1. The van der Waals surface area contributed by atoms with Gasteiger partial charge in [-0.05, 0) is 42.3 Å². The van der Waals surface area contributed by atoms with E-state index in [0.29, 0.717) is 12.1 Å². The quantitative estimate of drug-likeness (QED) is 0.934. The molecule has 4 heteroatoms. The Balaban J connectivity index is 2.34. The highest BCUT2D eigenvalue weighted by atomic mass is 19.1. The second-order valence-electron chi connectivity index (χ2n) is 4.70. The number of amides is 1. The van der Waals surface area contributed by atoms with Crippen LogP contribution in [0.15, 0.2) is 42.5 Å². The van der Waals surface area contributed by atoms with E-state index in [1.807, 2.05) is 24.3 Å². The Kier molecular flexibility index (Phi) is 4.15. The maximum absolute atomic E-state index is 13.3. The first-order valence-electron chi connectivity index (χ1n) is 6.36. The molecule has 104 valence electrons. The molecule has 0 aliphatic carbocycles. The van der Waals surface area contributed by atoms with Crippen LogP contribution in [0.2, 0.25) is 0 Å². The van der Waals surface area contributed by atoms with Crippen molar-refractivity contribution in [3.63, 3.8) is 0 Å². The smallest absolute Gasteiger partial charge is 0.258 e. The minimum absolute atomic E-state index is 0.240. The molecule has 0 aromatic heterocycles. The number of halogens is 1. The van der Waals surface area contributed by atoms with E-state index in [1.165, 1.54) is 17.0 Å². The van der Waals surface area contributed by atoms with Crippen molar-refractivity contribution in [1.82, 2.24) is 0 Å². The Morgan fingerprint density at radius 2 is 2.00 bits per heavy atom. The van der Waals surface area contributed by atoms with E-state index in [2.05, 4.69) is 0 Å². The first kappa shape index (κ1) is 14.2. The number of benzene rings is 2. The van der Waals surface area contributed by atoms with Gasteiger partial charge in [-0.2, -0.15) is 0 Å². The van der Waals surface area contributed by atoms with E-state index in [0.717, 1.165) is 16.8 Å². The third-order valence-electron chi connectivity index (χ3n) is 3.27. The summed E-state index contributed by atoms with van der Waals surface area (Å²) in [6.07, 6.45) is 0. The summed E-state index contributed by atoms with van der Waals surface area (Å²) in [5, 5.41) is 0. The van der Waals surface area contributed by atoms with Crippen LogP contribution in [0.5, 0.6) is 0 Å². The molecular formula is C16H17FN2O. The third kappa shape index (κ3) is 2.86. The average Bonchev–Trinajstić information content (AvgIpc) is 2.48. The Hall–Kier alpha value is -2.20. The molecule has 0 atom stereocenters. The minimum atomic E-state index is -0.414. The van der Waals surface area contributed by atoms with Gasteiger partial charge in [-0.3, -0.25) is 4.79 Å². The minimum Gasteiger partial charge on any atom is -0.326 e. The van der Waals surface area contributed by atoms with Crippen LogP contribution in [0.25, 0.3) is 0 Å². The van der Waals surface area contributed by atoms with Crippen molar-refractivity contribution < 1.29 is 9.18 Å². The zero-order valence-corrected chi connectivity index (χ0v) is 11.6. The number of hydrogen-bond donors (Lipinski definition) is 1. The van der Waals surface area contributed by atoms with Crippen LogP contribution in [0.3, 0.4) is 0 Å². The molecule has 2 aromatic carbocycles. The molecule has 0 bridgehead atoms. The van der Waals surface area contributed by atoms with Crippen LogP contribution in [-0.4, -0.2) is 13.0 Å². The van der Waals surface area contributed by atoms with Gasteiger partial charge >= 0.3 is 0 Å². The van der Waals surface area contributed by atoms with Gasteiger partial charge in [0.05, 0.1) is 0 Å². The van der Waals surface area contributed by atoms with Crippen LogP contribution >= 0.6 is 0 Å². The highest BCUT2D eigenvalue weighted by molar-refractivity contribution is 6.06. The maximum atomic E-state index is 13.3. The number of nitrogens with two attached hydrogens (primary N) is 1. The SMILES string of the molecule is Cc1ccc(F)cc1C(=O)N(C)c1cccc(CN)c1. The molecule has 20 heavy (non-hydrogen) atoms. The first-order chi connectivity index (χ1) is 9.52. The molecule has 0 saturated heterocycles. The van der Waals surface area contributed by atoms with Crippen molar-refractivity contribution in [2.75, 3.05) is 11.9 Å². The van der Waals surface area contributed by atoms with Gasteiger partial charge in [0.25, 0.3) is 5.91 Å². The van der Waals surface area contributed by atoms with E-state index in [9.17, 15) is 9.18 Å². The van der Waals surface area contributed by atoms with Crippen LogP contribution in [0.4, 0.5) is 10.1 Å². The number of anilines is 1. The number of rotatable bonds is 3. The monoisotopic (exact) mass is 272 g/mol. The number of carbonyl (C=O) groups is 1. The summed E-state index contributed by atoms with van der Waals surface area (Å²) in [4.78, 5) is 13.9. The maximum Gasteiger partial charge on any atom is 0.258 e. The lowest BCUT2D eigenvalue weighted by molar-refractivity contribution is 0.0992. The molecule has 0 saturated carbocycles. The summed E-state index contributed by atoms with van der Waals surface area (Å²) in [7, 11) is 1.67. The van der Waals surface area contributed by atoms with Crippen LogP contribution in [0.1, 0.15) is 21.5 Å². The summed E-state index contributed by atoms with van der Waals surface area (Å²) in [5.41, 5.74) is 8.39. The van der Waals surface area contributed by atoms with Crippen molar-refractivity contribution in [3.8, 4) is 0 Å². The summed E-state index contributed by atoms with van der Waals surface area (Å²) in [6.45, 7) is 2.20. The molecule has 0 fully saturated rings. The topological polar surface area (TPSA) is 46.3 Å². The Labute approximate surface area is 117 Å². The predicted octanol–water partition coefficient (Wildman–Crippen LogP) is 2.87. The van der Waals surface area contributed by atoms with Crippen molar-refractivity contribution in [2.24, 2.45) is 5.73 Å². The van der Waals surface area contributed by atoms with Crippen LogP contribution < -0.4 is 10.6 Å². The number of hydrogen-bond acceptors (Lipinski definition) is 2. The predicted molar refractivity (Wildman–Crippen MR) is 78.2 cm³/mol. The van der Waals surface area contributed by atoms with Gasteiger partial charge in [0.2, 0.25) is 0 Å². The van der Waals surface area contributed by atoms with Crippen molar-refractivity contribution in [2.45, 2.75) is 13.5 Å². The fourth-order valence-electron chi connectivity index (χ4n) is 2.01. The highest BCUT2D eigenvalue weighted by Crippen LogP contribution is 2.19. The molecule has 0 unspecified atom stereocenters. The van der Waals surface area contributed by atoms with Gasteiger partial charge in [-0.1, -0.05) is 18.2 Å². The molecule has 0 spiro atoms. The lowest BCUT2D eigenvalue weighted by Gasteiger charge is -2.19. The zero-order valence-electron chi connectivity index (χ0n) is 11.6. The molecule has 0 aliphatic heterocycles. The van der Waals surface area contributed by atoms with Crippen molar-refractivity contribution >= 4 is 11.6 Å². The molecule has 0 radical (unpaired) electrons. The Morgan fingerprint density at radius 3 is 2.70 bits per heavy atom. The van der Waals surface area contributed by atoms with Crippen LogP contribution in [-0.2, 0) is 6.54 Å². The second-order valence-corrected chi connectivity index (χ2v) is 4.70. The lowest BCUT2D eigenvalue weighted by atomic mass is 10.1. The van der Waals surface area contributed by atoms with Gasteiger partial charge in [-0.15, -0.1) is 0 Å². The normalized spacial score (nSPS) is 10.4. The van der Waals surface area contributed by atoms with Gasteiger partial charge < -0.3 is 10.6 Å². The zero-order chi connectivity index (χ0) is 14.7. The highest BCUT2D eigenvalue weighted by Gasteiger charge is 2.16. The standard InChI is InChI=1S/C16H17FN2O/c1-11-6-7-13(17)9-15(11)16(20)19(2)14-5-3-4-12(8-14)10-18/h3-9H,10,18H2,1-2H3. The average molecular weight is 272 g/mol. The third-order valence-corrected chi connectivity index (χ3v) is 3.27. The molecule has 0 heterocycles. The van der Waals surface area contributed by atoms with Gasteiger partial charge in [0.1, 0.15) is 5.82 Å². The summed E-state index contributed by atoms with van der Waals surface area (Å²) >= 11 is 0. The van der Waals surface area contributed by atoms with E-state index in [-0.39, 0.29) is 5.91 Å². The molecular weight excluding hydrogens is 255 g/mol. The fraction of sp³-hybridized carbons (Fsp3) is 0.188. The summed E-state index contributed by atoms with van der Waals surface area (Å²) in [6, 6.07) is 11.6.